The van der Waals surface area contributed by atoms with Crippen molar-refractivity contribution >= 4 is 23.2 Å². The number of nitrogens with zero attached hydrogens (tertiary/aromatic N) is 2. The lowest BCUT2D eigenvalue weighted by atomic mass is 10.2. The van der Waals surface area contributed by atoms with Crippen molar-refractivity contribution < 1.29 is 14.0 Å². The third-order valence-electron chi connectivity index (χ3n) is 4.79. The molecule has 0 atom stereocenters. The minimum absolute atomic E-state index is 0.232. The number of amides is 2. The van der Waals surface area contributed by atoms with Crippen LogP contribution in [0.25, 0.3) is 0 Å². The Hall–Kier alpha value is -2.93. The Kier molecular flexibility index (Phi) is 6.60. The molecule has 2 amide bonds. The van der Waals surface area contributed by atoms with Gasteiger partial charge in [-0.05, 0) is 43.3 Å². The van der Waals surface area contributed by atoms with Crippen LogP contribution >= 0.6 is 0 Å². The van der Waals surface area contributed by atoms with E-state index in [2.05, 4.69) is 20.4 Å². The van der Waals surface area contributed by atoms with Gasteiger partial charge in [-0.1, -0.05) is 17.7 Å². The van der Waals surface area contributed by atoms with Crippen LogP contribution in [-0.4, -0.2) is 56.0 Å². The summed E-state index contributed by atoms with van der Waals surface area (Å²) in [5, 5.41) is 5.25. The highest BCUT2D eigenvalue weighted by molar-refractivity contribution is 6.39. The summed E-state index contributed by atoms with van der Waals surface area (Å²) < 4.78 is 13.0. The molecule has 2 aromatic rings. The Morgan fingerprint density at radius 1 is 0.929 bits per heavy atom. The molecule has 2 aromatic carbocycles. The number of nitrogens with one attached hydrogen (secondary N) is 2. The van der Waals surface area contributed by atoms with Gasteiger partial charge in [-0.3, -0.25) is 14.5 Å². The Morgan fingerprint density at radius 3 is 2.21 bits per heavy atom. The first-order valence-corrected chi connectivity index (χ1v) is 9.40. The van der Waals surface area contributed by atoms with Crippen molar-refractivity contribution in [1.29, 1.82) is 0 Å². The molecule has 7 heteroatoms. The minimum atomic E-state index is -0.662. The number of carbonyl (C=O) groups is 2. The molecule has 0 saturated carbocycles. The van der Waals surface area contributed by atoms with E-state index in [0.717, 1.165) is 37.4 Å². The summed E-state index contributed by atoms with van der Waals surface area (Å²) in [5.74, 6) is -1.53. The molecule has 0 unspecified atom stereocenters. The van der Waals surface area contributed by atoms with Crippen LogP contribution in [0.4, 0.5) is 15.8 Å². The van der Waals surface area contributed by atoms with Gasteiger partial charge in [-0.2, -0.15) is 0 Å². The van der Waals surface area contributed by atoms with Gasteiger partial charge in [0, 0.05) is 50.6 Å². The number of hydrogen-bond donors (Lipinski definition) is 2. The zero-order valence-corrected chi connectivity index (χ0v) is 16.0. The van der Waals surface area contributed by atoms with Gasteiger partial charge in [0.1, 0.15) is 5.82 Å². The Bertz CT molecular complexity index is 800. The van der Waals surface area contributed by atoms with Gasteiger partial charge in [0.25, 0.3) is 0 Å². The molecule has 0 radical (unpaired) electrons. The lowest BCUT2D eigenvalue weighted by molar-refractivity contribution is -0.136. The van der Waals surface area contributed by atoms with Crippen LogP contribution in [-0.2, 0) is 9.59 Å². The molecule has 0 aliphatic carbocycles. The molecule has 0 aromatic heterocycles. The normalized spacial score (nSPS) is 14.6. The third-order valence-corrected chi connectivity index (χ3v) is 4.79. The van der Waals surface area contributed by atoms with Crippen molar-refractivity contribution in [3.8, 4) is 0 Å². The zero-order chi connectivity index (χ0) is 19.9. The first-order chi connectivity index (χ1) is 13.5. The van der Waals surface area contributed by atoms with E-state index in [9.17, 15) is 14.0 Å². The second-order valence-corrected chi connectivity index (χ2v) is 6.88. The maximum absolute atomic E-state index is 13.0. The Morgan fingerprint density at radius 2 is 1.57 bits per heavy atom. The van der Waals surface area contributed by atoms with E-state index in [1.807, 2.05) is 19.1 Å². The van der Waals surface area contributed by atoms with Crippen LogP contribution in [0.2, 0.25) is 0 Å². The molecule has 2 N–H and O–H groups in total. The van der Waals surface area contributed by atoms with E-state index in [0.29, 0.717) is 18.8 Å². The van der Waals surface area contributed by atoms with E-state index in [1.165, 1.54) is 12.1 Å². The molecule has 28 heavy (non-hydrogen) atoms. The largest absolute Gasteiger partial charge is 0.369 e. The third kappa shape index (κ3) is 5.53. The van der Waals surface area contributed by atoms with E-state index < -0.39 is 11.8 Å². The van der Waals surface area contributed by atoms with Crippen molar-refractivity contribution in [2.24, 2.45) is 0 Å². The summed E-state index contributed by atoms with van der Waals surface area (Å²) in [6.45, 7) is 6.43. The number of aryl methyl sites for hydroxylation is 1. The molecule has 1 heterocycles. The second kappa shape index (κ2) is 9.32. The average molecular weight is 384 g/mol. The summed E-state index contributed by atoms with van der Waals surface area (Å²) >= 11 is 0. The van der Waals surface area contributed by atoms with Gasteiger partial charge in [-0.25, -0.2) is 4.39 Å². The van der Waals surface area contributed by atoms with Crippen LogP contribution in [0, 0.1) is 12.7 Å². The highest BCUT2D eigenvalue weighted by Crippen LogP contribution is 2.16. The molecule has 1 saturated heterocycles. The molecule has 148 valence electrons. The number of carbonyl (C=O) groups excluding carboxylic acids is 2. The molecule has 6 nitrogen and oxygen atoms in total. The predicted octanol–water partition coefficient (Wildman–Crippen LogP) is 2.01. The Balaban J connectivity index is 1.36. The molecule has 1 fully saturated rings. The molecular formula is C21H25FN4O2. The smallest absolute Gasteiger partial charge is 0.313 e. The van der Waals surface area contributed by atoms with Gasteiger partial charge >= 0.3 is 11.8 Å². The topological polar surface area (TPSA) is 64.7 Å². The fourth-order valence-corrected chi connectivity index (χ4v) is 3.11. The maximum Gasteiger partial charge on any atom is 0.313 e. The average Bonchev–Trinajstić information content (AvgIpc) is 2.71. The number of halogens is 1. The van der Waals surface area contributed by atoms with Crippen molar-refractivity contribution in [3.63, 3.8) is 0 Å². The monoisotopic (exact) mass is 384 g/mol. The van der Waals surface area contributed by atoms with Crippen molar-refractivity contribution in [2.45, 2.75) is 6.92 Å². The molecule has 0 spiro atoms. The summed E-state index contributed by atoms with van der Waals surface area (Å²) in [5.41, 5.74) is 2.70. The van der Waals surface area contributed by atoms with Gasteiger partial charge in [0.15, 0.2) is 0 Å². The van der Waals surface area contributed by atoms with E-state index in [1.54, 1.807) is 24.3 Å². The standard InChI is InChI=1S/C21H25FN4O2/c1-16-2-6-18(7-3-16)24-21(28)20(27)23-10-11-25-12-14-26(15-13-25)19-8-4-17(22)5-9-19/h2-9H,10-15H2,1H3,(H,23,27)(H,24,28). The molecule has 3 rings (SSSR count). The number of anilines is 2. The quantitative estimate of drug-likeness (QED) is 0.774. The predicted molar refractivity (Wildman–Crippen MR) is 108 cm³/mol. The molecular weight excluding hydrogens is 359 g/mol. The minimum Gasteiger partial charge on any atom is -0.369 e. The SMILES string of the molecule is Cc1ccc(NC(=O)C(=O)NCCN2CCN(c3ccc(F)cc3)CC2)cc1. The van der Waals surface area contributed by atoms with Crippen molar-refractivity contribution in [2.75, 3.05) is 49.5 Å². The summed E-state index contributed by atoms with van der Waals surface area (Å²) in [4.78, 5) is 28.3. The van der Waals surface area contributed by atoms with E-state index >= 15 is 0 Å². The highest BCUT2D eigenvalue weighted by Gasteiger charge is 2.18. The van der Waals surface area contributed by atoms with Gasteiger partial charge < -0.3 is 15.5 Å². The van der Waals surface area contributed by atoms with Crippen LogP contribution in [0.5, 0.6) is 0 Å². The van der Waals surface area contributed by atoms with Gasteiger partial charge in [0.05, 0.1) is 0 Å². The van der Waals surface area contributed by atoms with Gasteiger partial charge in [-0.15, -0.1) is 0 Å². The fourth-order valence-electron chi connectivity index (χ4n) is 3.11. The lowest BCUT2D eigenvalue weighted by Crippen LogP contribution is -2.49. The summed E-state index contributed by atoms with van der Waals surface area (Å²) in [6.07, 6.45) is 0. The van der Waals surface area contributed by atoms with E-state index in [-0.39, 0.29) is 5.82 Å². The van der Waals surface area contributed by atoms with E-state index in [4.69, 9.17) is 0 Å². The van der Waals surface area contributed by atoms with Crippen LogP contribution in [0.1, 0.15) is 5.56 Å². The summed E-state index contributed by atoms with van der Waals surface area (Å²) in [7, 11) is 0. The van der Waals surface area contributed by atoms with Crippen LogP contribution < -0.4 is 15.5 Å². The summed E-state index contributed by atoms with van der Waals surface area (Å²) in [6, 6.07) is 13.8. The molecule has 1 aliphatic rings. The second-order valence-electron chi connectivity index (χ2n) is 6.88. The van der Waals surface area contributed by atoms with Crippen molar-refractivity contribution in [3.05, 3.63) is 59.9 Å². The number of benzene rings is 2. The van der Waals surface area contributed by atoms with Crippen LogP contribution in [0.3, 0.4) is 0 Å². The Labute approximate surface area is 164 Å². The fraction of sp³-hybridized carbons (Fsp3) is 0.333. The number of piperazine rings is 1. The zero-order valence-electron chi connectivity index (χ0n) is 16.0. The van der Waals surface area contributed by atoms with Crippen molar-refractivity contribution in [1.82, 2.24) is 10.2 Å². The highest BCUT2D eigenvalue weighted by atomic mass is 19.1. The first kappa shape index (κ1) is 19.8. The lowest BCUT2D eigenvalue weighted by Gasteiger charge is -2.36. The first-order valence-electron chi connectivity index (χ1n) is 9.40. The number of rotatable bonds is 5. The maximum atomic E-state index is 13.0. The molecule has 1 aliphatic heterocycles. The van der Waals surface area contributed by atoms with Crippen LogP contribution in [0.15, 0.2) is 48.5 Å². The molecule has 0 bridgehead atoms. The number of hydrogen-bond acceptors (Lipinski definition) is 4. The van der Waals surface area contributed by atoms with Gasteiger partial charge in [0.2, 0.25) is 0 Å².